The Bertz CT molecular complexity index is 915. The van der Waals surface area contributed by atoms with Gasteiger partial charge >= 0.3 is 0 Å². The second kappa shape index (κ2) is 7.77. The number of hydrogen-bond acceptors (Lipinski definition) is 6. The zero-order valence-corrected chi connectivity index (χ0v) is 16.3. The van der Waals surface area contributed by atoms with Crippen molar-refractivity contribution in [1.29, 1.82) is 0 Å². The fourth-order valence-electron chi connectivity index (χ4n) is 3.78. The second-order valence-corrected chi connectivity index (χ2v) is 7.79. The van der Waals surface area contributed by atoms with Crippen molar-refractivity contribution in [3.8, 4) is 5.75 Å². The van der Waals surface area contributed by atoms with Crippen LogP contribution in [0.15, 0.2) is 53.1 Å². The standard InChI is InChI=1S/C21H21NO5S/c1-26-14-6-2-5-13(11-14)18-17(19(23)16-8-4-10-28-16)20(24)21(25)22(18)12-15-7-3-9-27-15/h2,4-6,8,10-11,15,18,24H,3,7,9,12H2,1H3. The van der Waals surface area contributed by atoms with Gasteiger partial charge in [-0.1, -0.05) is 18.2 Å². The number of benzene rings is 1. The third kappa shape index (κ3) is 3.31. The number of aliphatic hydroxyl groups excluding tert-OH is 1. The van der Waals surface area contributed by atoms with Crippen LogP contribution in [-0.4, -0.2) is 48.1 Å². The molecule has 0 saturated carbocycles. The molecule has 2 aliphatic heterocycles. The van der Waals surface area contributed by atoms with Crippen molar-refractivity contribution in [3.05, 3.63) is 63.6 Å². The third-order valence-corrected chi connectivity index (χ3v) is 6.00. The number of nitrogens with zero attached hydrogens (tertiary/aromatic N) is 1. The molecule has 2 unspecified atom stereocenters. The number of Topliss-reactive ketones (excluding diaryl/α,β-unsaturated/α-hetero) is 1. The number of thiophene rings is 1. The fraction of sp³-hybridized carbons (Fsp3) is 0.333. The minimum Gasteiger partial charge on any atom is -0.503 e. The Morgan fingerprint density at radius 3 is 2.89 bits per heavy atom. The number of carbonyl (C=O) groups excluding carboxylic acids is 2. The molecule has 0 aliphatic carbocycles. The van der Waals surface area contributed by atoms with Crippen LogP contribution in [-0.2, 0) is 9.53 Å². The first-order valence-electron chi connectivity index (χ1n) is 9.18. The van der Waals surface area contributed by atoms with Crippen LogP contribution in [0, 0.1) is 0 Å². The van der Waals surface area contributed by atoms with Gasteiger partial charge in [0, 0.05) is 13.2 Å². The van der Waals surface area contributed by atoms with Gasteiger partial charge in [0.05, 0.1) is 29.7 Å². The first-order chi connectivity index (χ1) is 13.6. The quantitative estimate of drug-likeness (QED) is 0.753. The maximum absolute atomic E-state index is 13.1. The normalized spacial score (nSPS) is 22.2. The maximum Gasteiger partial charge on any atom is 0.290 e. The Hall–Kier alpha value is -2.64. The van der Waals surface area contributed by atoms with Crippen LogP contribution < -0.4 is 4.74 Å². The van der Waals surface area contributed by atoms with E-state index in [2.05, 4.69) is 0 Å². The van der Waals surface area contributed by atoms with Gasteiger partial charge < -0.3 is 19.5 Å². The second-order valence-electron chi connectivity index (χ2n) is 6.84. The molecule has 0 radical (unpaired) electrons. The van der Waals surface area contributed by atoms with Gasteiger partial charge in [-0.15, -0.1) is 11.3 Å². The Morgan fingerprint density at radius 2 is 2.21 bits per heavy atom. The minimum atomic E-state index is -0.679. The molecule has 2 atom stereocenters. The minimum absolute atomic E-state index is 0.0963. The summed E-state index contributed by atoms with van der Waals surface area (Å²) in [6.07, 6.45) is 1.70. The fourth-order valence-corrected chi connectivity index (χ4v) is 4.46. The van der Waals surface area contributed by atoms with Crippen LogP contribution >= 0.6 is 11.3 Å². The van der Waals surface area contributed by atoms with Gasteiger partial charge in [0.15, 0.2) is 5.76 Å². The Kier molecular flexibility index (Phi) is 5.19. The zero-order valence-electron chi connectivity index (χ0n) is 15.5. The first-order valence-corrected chi connectivity index (χ1v) is 10.1. The summed E-state index contributed by atoms with van der Waals surface area (Å²) >= 11 is 1.29. The summed E-state index contributed by atoms with van der Waals surface area (Å²) < 4.78 is 11.0. The number of ether oxygens (including phenoxy) is 2. The lowest BCUT2D eigenvalue weighted by atomic mass is 9.95. The van der Waals surface area contributed by atoms with Crippen molar-refractivity contribution < 1.29 is 24.2 Å². The number of ketones is 1. The lowest BCUT2D eigenvalue weighted by Gasteiger charge is -2.29. The number of aliphatic hydroxyl groups is 1. The van der Waals surface area contributed by atoms with Crippen molar-refractivity contribution in [2.45, 2.75) is 25.0 Å². The van der Waals surface area contributed by atoms with Gasteiger partial charge in [-0.3, -0.25) is 9.59 Å². The monoisotopic (exact) mass is 399 g/mol. The van der Waals surface area contributed by atoms with Crippen molar-refractivity contribution in [2.75, 3.05) is 20.3 Å². The molecule has 2 aliphatic rings. The number of hydrogen-bond donors (Lipinski definition) is 1. The molecule has 4 rings (SSSR count). The maximum atomic E-state index is 13.1. The van der Waals surface area contributed by atoms with Gasteiger partial charge in [0.2, 0.25) is 5.78 Å². The molecular formula is C21H21NO5S. The van der Waals surface area contributed by atoms with E-state index in [0.717, 1.165) is 18.4 Å². The Balaban J connectivity index is 1.77. The average Bonchev–Trinajstić information content (AvgIpc) is 3.46. The van der Waals surface area contributed by atoms with E-state index in [-0.39, 0.29) is 17.5 Å². The first kappa shape index (κ1) is 18.7. The SMILES string of the molecule is COc1cccc(C2C(C(=O)c3cccs3)=C(O)C(=O)N2CC2CCCO2)c1. The molecule has 146 valence electrons. The van der Waals surface area contributed by atoms with E-state index in [1.54, 1.807) is 41.7 Å². The van der Waals surface area contributed by atoms with Crippen LogP contribution in [0.5, 0.6) is 5.75 Å². The lowest BCUT2D eigenvalue weighted by Crippen LogP contribution is -2.37. The predicted molar refractivity (Wildman–Crippen MR) is 105 cm³/mol. The highest BCUT2D eigenvalue weighted by Crippen LogP contribution is 2.40. The summed E-state index contributed by atoms with van der Waals surface area (Å²) in [6, 6.07) is 10.0. The molecule has 1 fully saturated rings. The molecule has 6 nitrogen and oxygen atoms in total. The van der Waals surface area contributed by atoms with Crippen LogP contribution in [0.4, 0.5) is 0 Å². The molecule has 3 heterocycles. The van der Waals surface area contributed by atoms with Gasteiger partial charge in [-0.2, -0.15) is 0 Å². The summed E-state index contributed by atoms with van der Waals surface area (Å²) in [5.74, 6) is -0.729. The lowest BCUT2D eigenvalue weighted by molar-refractivity contribution is -0.131. The molecule has 1 aromatic heterocycles. The van der Waals surface area contributed by atoms with E-state index in [4.69, 9.17) is 9.47 Å². The van der Waals surface area contributed by atoms with E-state index in [0.29, 0.717) is 23.8 Å². The van der Waals surface area contributed by atoms with Crippen LogP contribution in [0.2, 0.25) is 0 Å². The molecule has 1 saturated heterocycles. The van der Waals surface area contributed by atoms with Crippen LogP contribution in [0.25, 0.3) is 0 Å². The molecule has 7 heteroatoms. The van der Waals surface area contributed by atoms with Gasteiger partial charge in [-0.25, -0.2) is 0 Å². The number of rotatable bonds is 6. The van der Waals surface area contributed by atoms with Crippen molar-refractivity contribution in [2.24, 2.45) is 0 Å². The summed E-state index contributed by atoms with van der Waals surface area (Å²) in [5.41, 5.74) is 0.827. The molecule has 0 spiro atoms. The molecule has 1 N–H and O–H groups in total. The summed E-state index contributed by atoms with van der Waals surface area (Å²) in [7, 11) is 1.56. The van der Waals surface area contributed by atoms with Crippen LogP contribution in [0.1, 0.15) is 34.1 Å². The molecule has 2 aromatic rings. The molecular weight excluding hydrogens is 378 g/mol. The molecule has 28 heavy (non-hydrogen) atoms. The van der Waals surface area contributed by atoms with Crippen molar-refractivity contribution >= 4 is 23.0 Å². The Labute approximate surface area is 167 Å². The van der Waals surface area contributed by atoms with Gasteiger partial charge in [0.25, 0.3) is 5.91 Å². The largest absolute Gasteiger partial charge is 0.503 e. The van der Waals surface area contributed by atoms with Gasteiger partial charge in [-0.05, 0) is 42.0 Å². The van der Waals surface area contributed by atoms with Crippen molar-refractivity contribution in [1.82, 2.24) is 4.90 Å². The molecule has 1 amide bonds. The highest BCUT2D eigenvalue weighted by Gasteiger charge is 2.45. The number of methoxy groups -OCH3 is 1. The molecule has 0 bridgehead atoms. The highest BCUT2D eigenvalue weighted by molar-refractivity contribution is 7.12. The predicted octanol–water partition coefficient (Wildman–Crippen LogP) is 3.51. The summed E-state index contributed by atoms with van der Waals surface area (Å²) in [4.78, 5) is 28.1. The van der Waals surface area contributed by atoms with E-state index in [1.165, 1.54) is 11.3 Å². The zero-order chi connectivity index (χ0) is 19.7. The van der Waals surface area contributed by atoms with E-state index < -0.39 is 17.7 Å². The summed E-state index contributed by atoms with van der Waals surface area (Å²) in [6.45, 7) is 0.989. The van der Waals surface area contributed by atoms with Gasteiger partial charge in [0.1, 0.15) is 5.75 Å². The average molecular weight is 399 g/mol. The Morgan fingerprint density at radius 1 is 1.36 bits per heavy atom. The number of amides is 1. The van der Waals surface area contributed by atoms with E-state index in [9.17, 15) is 14.7 Å². The molecule has 1 aromatic carbocycles. The summed E-state index contributed by atoms with van der Waals surface area (Å²) in [5, 5.41) is 12.4. The topological polar surface area (TPSA) is 76.1 Å². The number of carbonyl (C=O) groups is 2. The van der Waals surface area contributed by atoms with Crippen molar-refractivity contribution in [3.63, 3.8) is 0 Å². The van der Waals surface area contributed by atoms with Crippen LogP contribution in [0.3, 0.4) is 0 Å². The van der Waals surface area contributed by atoms with E-state index >= 15 is 0 Å². The van der Waals surface area contributed by atoms with E-state index in [1.807, 2.05) is 12.1 Å². The highest BCUT2D eigenvalue weighted by atomic mass is 32.1. The smallest absolute Gasteiger partial charge is 0.290 e. The third-order valence-electron chi connectivity index (χ3n) is 5.13.